The van der Waals surface area contributed by atoms with E-state index in [1.54, 1.807) is 17.0 Å². The van der Waals surface area contributed by atoms with Crippen molar-refractivity contribution in [2.24, 2.45) is 0 Å². The quantitative estimate of drug-likeness (QED) is 0.537. The lowest BCUT2D eigenvalue weighted by atomic mass is 10.1. The lowest BCUT2D eigenvalue weighted by molar-refractivity contribution is -0.0216. The summed E-state index contributed by atoms with van der Waals surface area (Å²) in [6, 6.07) is 5.91. The molecule has 28 heavy (non-hydrogen) atoms. The fourth-order valence-electron chi connectivity index (χ4n) is 3.11. The Labute approximate surface area is 163 Å². The molecule has 2 aliphatic rings. The van der Waals surface area contributed by atoms with Crippen molar-refractivity contribution in [2.75, 3.05) is 23.1 Å². The lowest BCUT2D eigenvalue weighted by Crippen LogP contribution is -2.43. The van der Waals surface area contributed by atoms with E-state index >= 15 is 0 Å². The van der Waals surface area contributed by atoms with Gasteiger partial charge in [0.05, 0.1) is 12.5 Å². The van der Waals surface area contributed by atoms with Crippen LogP contribution in [0.4, 0.5) is 16.2 Å². The van der Waals surface area contributed by atoms with Crippen LogP contribution in [0.5, 0.6) is 5.88 Å². The third-order valence-electron chi connectivity index (χ3n) is 4.57. The van der Waals surface area contributed by atoms with Crippen LogP contribution in [-0.2, 0) is 11.3 Å². The number of benzene rings is 1. The minimum atomic E-state index is -1.22. The SMILES string of the molecule is Nc1nc(OCc2ccc(F)cc2)c2c(n1)N([C@@H]1O[C@H](CO)[C@@H](O)[C@H]1O)CS2. The number of fused-ring (bicyclic) bond motifs is 1. The van der Waals surface area contributed by atoms with E-state index in [-0.39, 0.29) is 24.3 Å². The Balaban J connectivity index is 1.56. The fraction of sp³-hybridized carbons (Fsp3) is 0.412. The number of aromatic nitrogens is 2. The van der Waals surface area contributed by atoms with Crippen molar-refractivity contribution in [2.45, 2.75) is 36.0 Å². The zero-order valence-corrected chi connectivity index (χ0v) is 15.4. The van der Waals surface area contributed by atoms with E-state index in [4.69, 9.17) is 15.2 Å². The van der Waals surface area contributed by atoms with Gasteiger partial charge in [-0.25, -0.2) is 4.39 Å². The van der Waals surface area contributed by atoms with Crippen LogP contribution in [0.15, 0.2) is 29.2 Å². The third-order valence-corrected chi connectivity index (χ3v) is 5.62. The van der Waals surface area contributed by atoms with Gasteiger partial charge in [-0.2, -0.15) is 9.97 Å². The van der Waals surface area contributed by atoms with E-state index in [1.807, 2.05) is 0 Å². The largest absolute Gasteiger partial charge is 0.472 e. The van der Waals surface area contributed by atoms with Gasteiger partial charge in [-0.1, -0.05) is 23.9 Å². The monoisotopic (exact) mass is 410 g/mol. The molecule has 3 heterocycles. The van der Waals surface area contributed by atoms with Crippen molar-refractivity contribution in [3.05, 3.63) is 35.6 Å². The van der Waals surface area contributed by atoms with Crippen LogP contribution in [0.2, 0.25) is 0 Å². The number of thioether (sulfide) groups is 1. The smallest absolute Gasteiger partial charge is 0.234 e. The fourth-order valence-corrected chi connectivity index (χ4v) is 4.17. The van der Waals surface area contributed by atoms with Crippen LogP contribution in [0, 0.1) is 5.82 Å². The van der Waals surface area contributed by atoms with Gasteiger partial charge in [-0.15, -0.1) is 0 Å². The van der Waals surface area contributed by atoms with Gasteiger partial charge >= 0.3 is 0 Å². The highest BCUT2D eigenvalue weighted by molar-refractivity contribution is 8.00. The second-order valence-corrected chi connectivity index (χ2v) is 7.38. The highest BCUT2D eigenvalue weighted by Crippen LogP contribution is 2.45. The number of halogens is 1. The van der Waals surface area contributed by atoms with Gasteiger partial charge in [0, 0.05) is 0 Å². The minimum absolute atomic E-state index is 0.0212. The summed E-state index contributed by atoms with van der Waals surface area (Å²) in [6.07, 6.45) is -4.21. The van der Waals surface area contributed by atoms with Crippen LogP contribution in [0.3, 0.4) is 0 Å². The Morgan fingerprint density at radius 3 is 2.68 bits per heavy atom. The van der Waals surface area contributed by atoms with Crippen molar-refractivity contribution >= 4 is 23.5 Å². The Hall–Kier alpha value is -2.18. The summed E-state index contributed by atoms with van der Waals surface area (Å²) in [5, 5.41) is 29.6. The van der Waals surface area contributed by atoms with Gasteiger partial charge in [0.2, 0.25) is 11.8 Å². The number of hydrogen-bond donors (Lipinski definition) is 4. The number of ether oxygens (including phenoxy) is 2. The summed E-state index contributed by atoms with van der Waals surface area (Å²) in [7, 11) is 0. The predicted octanol–water partition coefficient (Wildman–Crippen LogP) is 0.0855. The average Bonchev–Trinajstić information content (AvgIpc) is 3.22. The first-order valence-electron chi connectivity index (χ1n) is 8.54. The average molecular weight is 410 g/mol. The molecule has 2 aliphatic heterocycles. The van der Waals surface area contributed by atoms with E-state index < -0.39 is 31.1 Å². The number of anilines is 2. The second-order valence-electron chi connectivity index (χ2n) is 6.43. The van der Waals surface area contributed by atoms with Crippen molar-refractivity contribution in [3.63, 3.8) is 0 Å². The molecule has 9 nitrogen and oxygen atoms in total. The van der Waals surface area contributed by atoms with Crippen molar-refractivity contribution in [1.29, 1.82) is 0 Å². The zero-order chi connectivity index (χ0) is 19.8. The molecule has 0 bridgehead atoms. The molecule has 1 saturated heterocycles. The molecule has 1 aromatic carbocycles. The van der Waals surface area contributed by atoms with Crippen molar-refractivity contribution < 1.29 is 29.2 Å². The molecular formula is C17H19FN4O5S. The van der Waals surface area contributed by atoms with Crippen LogP contribution < -0.4 is 15.4 Å². The molecule has 1 aromatic heterocycles. The van der Waals surface area contributed by atoms with Gasteiger partial charge < -0.3 is 35.4 Å². The number of nitrogens with zero attached hydrogens (tertiary/aromatic N) is 3. The molecule has 11 heteroatoms. The van der Waals surface area contributed by atoms with Gasteiger partial charge in [-0.05, 0) is 17.7 Å². The Bertz CT molecular complexity index is 858. The number of nitrogen functional groups attached to an aromatic ring is 1. The Kier molecular flexibility index (Phi) is 5.25. The summed E-state index contributed by atoms with van der Waals surface area (Å²) < 4.78 is 24.4. The van der Waals surface area contributed by atoms with Crippen molar-refractivity contribution in [1.82, 2.24) is 9.97 Å². The summed E-state index contributed by atoms with van der Waals surface area (Å²) in [5.41, 5.74) is 6.58. The van der Waals surface area contributed by atoms with Crippen LogP contribution in [0.25, 0.3) is 0 Å². The molecule has 0 spiro atoms. The number of hydrogen-bond acceptors (Lipinski definition) is 10. The molecule has 5 N–H and O–H groups in total. The van der Waals surface area contributed by atoms with E-state index in [2.05, 4.69) is 9.97 Å². The number of nitrogens with two attached hydrogens (primary N) is 1. The maximum atomic E-state index is 13.0. The minimum Gasteiger partial charge on any atom is -0.472 e. The summed E-state index contributed by atoms with van der Waals surface area (Å²) in [4.78, 5) is 10.6. The lowest BCUT2D eigenvalue weighted by Gasteiger charge is -2.27. The first-order valence-corrected chi connectivity index (χ1v) is 9.53. The summed E-state index contributed by atoms with van der Waals surface area (Å²) in [6.45, 7) is -0.252. The van der Waals surface area contributed by atoms with Crippen LogP contribution in [0.1, 0.15) is 5.56 Å². The maximum absolute atomic E-state index is 13.0. The molecule has 4 rings (SSSR count). The van der Waals surface area contributed by atoms with Crippen LogP contribution in [-0.4, -0.2) is 62.3 Å². The first kappa shape index (κ1) is 19.2. The normalized spacial score (nSPS) is 26.5. The molecule has 4 atom stereocenters. The van der Waals surface area contributed by atoms with Gasteiger partial charge in [0.1, 0.15) is 35.6 Å². The summed E-state index contributed by atoms with van der Waals surface area (Å²) >= 11 is 1.37. The van der Waals surface area contributed by atoms with Crippen molar-refractivity contribution in [3.8, 4) is 5.88 Å². The Morgan fingerprint density at radius 2 is 2.00 bits per heavy atom. The molecule has 0 unspecified atom stereocenters. The van der Waals surface area contributed by atoms with E-state index in [1.165, 1.54) is 23.9 Å². The van der Waals surface area contributed by atoms with Gasteiger partial charge in [0.15, 0.2) is 12.0 Å². The molecule has 150 valence electrons. The van der Waals surface area contributed by atoms with E-state index in [9.17, 15) is 19.7 Å². The molecule has 0 radical (unpaired) electrons. The molecule has 0 aliphatic carbocycles. The Morgan fingerprint density at radius 1 is 1.25 bits per heavy atom. The van der Waals surface area contributed by atoms with Gasteiger partial charge in [0.25, 0.3) is 0 Å². The first-order chi connectivity index (χ1) is 13.5. The number of rotatable bonds is 5. The molecule has 0 saturated carbocycles. The number of aliphatic hydroxyl groups is 3. The zero-order valence-electron chi connectivity index (χ0n) is 14.6. The highest BCUT2D eigenvalue weighted by atomic mass is 32.2. The van der Waals surface area contributed by atoms with E-state index in [0.717, 1.165) is 5.56 Å². The summed E-state index contributed by atoms with van der Waals surface area (Å²) in [5.74, 6) is 0.702. The standard InChI is InChI=1S/C17H19FN4O5S/c18-9-3-1-8(2-4-9)6-26-15-13-14(20-17(19)21-15)22(7-28-13)16-12(25)11(24)10(5-23)27-16/h1-4,10-12,16,23-25H,5-7H2,(H2,19,20,21)/t10-,11-,12-,16-/m1/s1. The molecule has 2 aromatic rings. The molecule has 0 amide bonds. The van der Waals surface area contributed by atoms with Gasteiger partial charge in [-0.3, -0.25) is 0 Å². The van der Waals surface area contributed by atoms with E-state index in [0.29, 0.717) is 16.6 Å². The third kappa shape index (κ3) is 3.47. The molecule has 1 fully saturated rings. The van der Waals surface area contributed by atoms with Crippen LogP contribution >= 0.6 is 11.8 Å². The topological polar surface area (TPSA) is 134 Å². The molecular weight excluding hydrogens is 391 g/mol. The number of aliphatic hydroxyl groups excluding tert-OH is 3. The predicted molar refractivity (Wildman–Crippen MR) is 98.1 cm³/mol. The maximum Gasteiger partial charge on any atom is 0.234 e. The second kappa shape index (κ2) is 7.68. The highest BCUT2D eigenvalue weighted by Gasteiger charge is 2.47.